The normalized spacial score (nSPS) is 17.9. The van der Waals surface area contributed by atoms with Crippen molar-refractivity contribution in [2.45, 2.75) is 59.2 Å². The highest BCUT2D eigenvalue weighted by molar-refractivity contribution is 9.10. The zero-order valence-electron chi connectivity index (χ0n) is 13.0. The van der Waals surface area contributed by atoms with E-state index in [0.29, 0.717) is 13.1 Å². The molecule has 2 rings (SSSR count). The maximum atomic E-state index is 12.3. The van der Waals surface area contributed by atoms with E-state index in [1.54, 1.807) is 4.90 Å². The van der Waals surface area contributed by atoms with E-state index >= 15 is 0 Å². The van der Waals surface area contributed by atoms with Crippen molar-refractivity contribution < 1.29 is 9.53 Å². The minimum atomic E-state index is -0.482. The lowest BCUT2D eigenvalue weighted by Crippen LogP contribution is -2.50. The minimum absolute atomic E-state index is 0.218. The second kappa shape index (κ2) is 4.76. The summed E-state index contributed by atoms with van der Waals surface area (Å²) in [6.45, 7) is 12.9. The molecule has 0 bridgehead atoms. The minimum Gasteiger partial charge on any atom is -0.444 e. The number of rotatable bonds is 0. The third-order valence-electron chi connectivity index (χ3n) is 3.22. The number of halogens is 1. The first kappa shape index (κ1) is 15.4. The first-order valence-corrected chi connectivity index (χ1v) is 7.53. The van der Waals surface area contributed by atoms with Crippen LogP contribution in [0.5, 0.6) is 0 Å². The van der Waals surface area contributed by atoms with Gasteiger partial charge in [-0.3, -0.25) is 4.90 Å². The van der Waals surface area contributed by atoms with Crippen LogP contribution in [0.2, 0.25) is 0 Å². The SMILES string of the molecule is Cc1nc2n(c1Br)C(C)(C)CN(C(=O)OC(C)(C)C)C2. The van der Waals surface area contributed by atoms with E-state index in [1.807, 2.05) is 27.7 Å². The monoisotopic (exact) mass is 343 g/mol. The summed E-state index contributed by atoms with van der Waals surface area (Å²) >= 11 is 3.58. The highest BCUT2D eigenvalue weighted by Gasteiger charge is 2.37. The summed E-state index contributed by atoms with van der Waals surface area (Å²) in [5, 5.41) is 0. The van der Waals surface area contributed by atoms with Gasteiger partial charge in [0.15, 0.2) is 0 Å². The Hall–Kier alpha value is -1.04. The van der Waals surface area contributed by atoms with Crippen LogP contribution in [0, 0.1) is 6.92 Å². The Kier molecular flexibility index (Phi) is 3.65. The Balaban J connectivity index is 2.29. The van der Waals surface area contributed by atoms with Crippen molar-refractivity contribution >= 4 is 22.0 Å². The summed E-state index contributed by atoms with van der Waals surface area (Å²) in [6, 6.07) is 0. The summed E-state index contributed by atoms with van der Waals surface area (Å²) < 4.78 is 8.60. The Morgan fingerprint density at radius 2 is 2.00 bits per heavy atom. The number of carbonyl (C=O) groups excluding carboxylic acids is 1. The average molecular weight is 344 g/mol. The van der Waals surface area contributed by atoms with Gasteiger partial charge in [-0.1, -0.05) is 0 Å². The van der Waals surface area contributed by atoms with Gasteiger partial charge < -0.3 is 9.30 Å². The van der Waals surface area contributed by atoms with Gasteiger partial charge in [-0.25, -0.2) is 9.78 Å². The molecule has 1 aromatic heterocycles. The van der Waals surface area contributed by atoms with E-state index in [1.165, 1.54) is 0 Å². The number of hydrogen-bond acceptors (Lipinski definition) is 3. The number of aryl methyl sites for hydroxylation is 1. The fourth-order valence-corrected chi connectivity index (χ4v) is 3.28. The molecule has 0 aliphatic carbocycles. The van der Waals surface area contributed by atoms with E-state index in [4.69, 9.17) is 4.74 Å². The van der Waals surface area contributed by atoms with E-state index in [-0.39, 0.29) is 11.6 Å². The third kappa shape index (κ3) is 2.85. The van der Waals surface area contributed by atoms with Gasteiger partial charge in [0.25, 0.3) is 0 Å². The molecule has 1 aliphatic rings. The van der Waals surface area contributed by atoms with Gasteiger partial charge in [-0.05, 0) is 57.5 Å². The first-order chi connectivity index (χ1) is 9.01. The molecule has 1 aromatic rings. The number of fused-ring (bicyclic) bond motifs is 1. The highest BCUT2D eigenvalue weighted by atomic mass is 79.9. The van der Waals surface area contributed by atoms with Crippen molar-refractivity contribution in [3.8, 4) is 0 Å². The number of aromatic nitrogens is 2. The molecular formula is C14H22BrN3O2. The van der Waals surface area contributed by atoms with Crippen molar-refractivity contribution in [3.05, 3.63) is 16.1 Å². The second-order valence-electron chi connectivity index (χ2n) is 6.89. The molecule has 1 aliphatic heterocycles. The van der Waals surface area contributed by atoms with E-state index in [0.717, 1.165) is 16.1 Å². The van der Waals surface area contributed by atoms with Gasteiger partial charge in [0, 0.05) is 6.54 Å². The zero-order valence-corrected chi connectivity index (χ0v) is 14.5. The van der Waals surface area contributed by atoms with Crippen molar-refractivity contribution in [1.29, 1.82) is 0 Å². The van der Waals surface area contributed by atoms with Crippen LogP contribution in [0.4, 0.5) is 4.79 Å². The topological polar surface area (TPSA) is 47.4 Å². The molecule has 0 aromatic carbocycles. The van der Waals surface area contributed by atoms with Crippen molar-refractivity contribution in [2.75, 3.05) is 6.54 Å². The summed E-state index contributed by atoms with van der Waals surface area (Å²) in [5.41, 5.74) is 0.244. The number of hydrogen-bond donors (Lipinski definition) is 0. The molecular weight excluding hydrogens is 322 g/mol. The van der Waals surface area contributed by atoms with Crippen LogP contribution in [0.25, 0.3) is 0 Å². The summed E-state index contributed by atoms with van der Waals surface area (Å²) in [7, 11) is 0. The smallest absolute Gasteiger partial charge is 0.410 e. The van der Waals surface area contributed by atoms with Crippen LogP contribution in [-0.4, -0.2) is 32.7 Å². The van der Waals surface area contributed by atoms with Crippen LogP contribution in [-0.2, 0) is 16.8 Å². The Morgan fingerprint density at radius 3 is 2.55 bits per heavy atom. The largest absolute Gasteiger partial charge is 0.444 e. The average Bonchev–Trinajstić information content (AvgIpc) is 2.51. The standard InChI is InChI=1S/C14H22BrN3O2/c1-9-11(15)18-10(16-9)7-17(8-14(18,5)6)12(19)20-13(2,3)4/h7-8H2,1-6H3. The van der Waals surface area contributed by atoms with Crippen molar-refractivity contribution in [3.63, 3.8) is 0 Å². The summed E-state index contributed by atoms with van der Waals surface area (Å²) in [5.74, 6) is 0.886. The van der Waals surface area contributed by atoms with E-state index in [2.05, 4.69) is 39.3 Å². The Bertz CT molecular complexity index is 543. The predicted molar refractivity (Wildman–Crippen MR) is 80.6 cm³/mol. The molecule has 6 heteroatoms. The van der Waals surface area contributed by atoms with Crippen molar-refractivity contribution in [2.24, 2.45) is 0 Å². The number of amides is 1. The molecule has 0 N–H and O–H groups in total. The quantitative estimate of drug-likeness (QED) is 0.724. The molecule has 0 saturated heterocycles. The van der Waals surface area contributed by atoms with Crippen LogP contribution in [0.15, 0.2) is 4.60 Å². The maximum absolute atomic E-state index is 12.3. The molecule has 0 fully saturated rings. The molecule has 0 spiro atoms. The molecule has 0 atom stereocenters. The molecule has 1 amide bonds. The predicted octanol–water partition coefficient (Wildman–Crippen LogP) is 3.44. The van der Waals surface area contributed by atoms with Gasteiger partial charge in [-0.15, -0.1) is 0 Å². The lowest BCUT2D eigenvalue weighted by Gasteiger charge is -2.40. The van der Waals surface area contributed by atoms with E-state index in [9.17, 15) is 4.79 Å². The number of ether oxygens (including phenoxy) is 1. The number of imidazole rings is 1. The van der Waals surface area contributed by atoms with Gasteiger partial charge in [0.1, 0.15) is 16.0 Å². The van der Waals surface area contributed by atoms with Crippen LogP contribution < -0.4 is 0 Å². The van der Waals surface area contributed by atoms with Crippen LogP contribution >= 0.6 is 15.9 Å². The van der Waals surface area contributed by atoms with Crippen molar-refractivity contribution in [1.82, 2.24) is 14.5 Å². The molecule has 112 valence electrons. The molecule has 0 radical (unpaired) electrons. The molecule has 2 heterocycles. The highest BCUT2D eigenvalue weighted by Crippen LogP contribution is 2.32. The molecule has 0 unspecified atom stereocenters. The number of carbonyl (C=O) groups is 1. The van der Waals surface area contributed by atoms with Gasteiger partial charge in [0.05, 0.1) is 17.8 Å². The molecule has 20 heavy (non-hydrogen) atoms. The van der Waals surface area contributed by atoms with E-state index < -0.39 is 5.60 Å². The van der Waals surface area contributed by atoms with Gasteiger partial charge in [0.2, 0.25) is 0 Å². The van der Waals surface area contributed by atoms with Gasteiger partial charge in [-0.2, -0.15) is 0 Å². The van der Waals surface area contributed by atoms with Crippen LogP contribution in [0.3, 0.4) is 0 Å². The molecule has 5 nitrogen and oxygen atoms in total. The molecule has 0 saturated carbocycles. The first-order valence-electron chi connectivity index (χ1n) is 6.73. The number of nitrogens with zero attached hydrogens (tertiary/aromatic N) is 3. The fourth-order valence-electron chi connectivity index (χ4n) is 2.51. The second-order valence-corrected chi connectivity index (χ2v) is 7.64. The third-order valence-corrected chi connectivity index (χ3v) is 4.15. The maximum Gasteiger partial charge on any atom is 0.410 e. The summed E-state index contributed by atoms with van der Waals surface area (Å²) in [6.07, 6.45) is -0.284. The zero-order chi connectivity index (χ0) is 15.3. The lowest BCUT2D eigenvalue weighted by molar-refractivity contribution is 0.00982. The van der Waals surface area contributed by atoms with Gasteiger partial charge >= 0.3 is 6.09 Å². The van der Waals surface area contributed by atoms with Crippen LogP contribution in [0.1, 0.15) is 46.1 Å². The Morgan fingerprint density at radius 1 is 1.40 bits per heavy atom. The fraction of sp³-hybridized carbons (Fsp3) is 0.714. The summed E-state index contributed by atoms with van der Waals surface area (Å²) in [4.78, 5) is 18.5. The Labute approximate surface area is 128 Å². The lowest BCUT2D eigenvalue weighted by atomic mass is 10.0.